The standard InChI is InChI=1S/C16H18O2/c1-4-5-7-12-8-6-9-13-14(12)16(18)11(3)10(2)15(13)17/h6,8-9H,4-5,7H2,1-3H3. The molecule has 2 heteroatoms. The van der Waals surface area contributed by atoms with Gasteiger partial charge in [-0.2, -0.15) is 0 Å². The summed E-state index contributed by atoms with van der Waals surface area (Å²) in [6, 6.07) is 5.61. The van der Waals surface area contributed by atoms with Crippen LogP contribution in [0.15, 0.2) is 29.3 Å². The van der Waals surface area contributed by atoms with Crippen molar-refractivity contribution in [3.63, 3.8) is 0 Å². The van der Waals surface area contributed by atoms with Crippen molar-refractivity contribution in [3.8, 4) is 0 Å². The number of allylic oxidation sites excluding steroid dienone is 2. The molecule has 2 rings (SSSR count). The van der Waals surface area contributed by atoms with Gasteiger partial charge in [-0.15, -0.1) is 0 Å². The predicted molar refractivity (Wildman–Crippen MR) is 72.1 cm³/mol. The molecule has 0 fully saturated rings. The van der Waals surface area contributed by atoms with Crippen molar-refractivity contribution >= 4 is 11.6 Å². The number of hydrogen-bond donors (Lipinski definition) is 0. The number of carbonyl (C=O) groups is 2. The molecule has 94 valence electrons. The van der Waals surface area contributed by atoms with Crippen LogP contribution < -0.4 is 0 Å². The molecule has 0 atom stereocenters. The first-order valence-electron chi connectivity index (χ1n) is 6.46. The second-order valence-electron chi connectivity index (χ2n) is 4.85. The maximum Gasteiger partial charge on any atom is 0.190 e. The van der Waals surface area contributed by atoms with Crippen LogP contribution in [0.1, 0.15) is 59.9 Å². The minimum atomic E-state index is 0.000415. The first kappa shape index (κ1) is 12.7. The van der Waals surface area contributed by atoms with E-state index in [1.807, 2.05) is 12.1 Å². The highest BCUT2D eigenvalue weighted by Gasteiger charge is 2.29. The lowest BCUT2D eigenvalue weighted by Crippen LogP contribution is -2.21. The van der Waals surface area contributed by atoms with Crippen LogP contribution in [0.4, 0.5) is 0 Å². The minimum Gasteiger partial charge on any atom is -0.289 e. The number of aryl methyl sites for hydroxylation is 1. The second-order valence-corrected chi connectivity index (χ2v) is 4.85. The van der Waals surface area contributed by atoms with Gasteiger partial charge in [-0.3, -0.25) is 9.59 Å². The van der Waals surface area contributed by atoms with Crippen LogP contribution in [-0.2, 0) is 6.42 Å². The van der Waals surface area contributed by atoms with Crippen molar-refractivity contribution in [2.75, 3.05) is 0 Å². The van der Waals surface area contributed by atoms with Gasteiger partial charge in [0.05, 0.1) is 0 Å². The van der Waals surface area contributed by atoms with Crippen molar-refractivity contribution in [1.82, 2.24) is 0 Å². The van der Waals surface area contributed by atoms with Gasteiger partial charge in [-0.25, -0.2) is 0 Å². The molecule has 0 spiro atoms. The summed E-state index contributed by atoms with van der Waals surface area (Å²) >= 11 is 0. The third-order valence-corrected chi connectivity index (χ3v) is 3.67. The summed E-state index contributed by atoms with van der Waals surface area (Å²) in [7, 11) is 0. The quantitative estimate of drug-likeness (QED) is 0.809. The fourth-order valence-corrected chi connectivity index (χ4v) is 2.36. The van der Waals surface area contributed by atoms with Crippen LogP contribution in [0.2, 0.25) is 0 Å². The zero-order valence-corrected chi connectivity index (χ0v) is 11.2. The molecule has 2 nitrogen and oxygen atoms in total. The summed E-state index contributed by atoms with van der Waals surface area (Å²) < 4.78 is 0. The summed E-state index contributed by atoms with van der Waals surface area (Å²) in [6.45, 7) is 5.60. The van der Waals surface area contributed by atoms with E-state index in [0.29, 0.717) is 22.3 Å². The average Bonchev–Trinajstić information content (AvgIpc) is 2.40. The Hall–Kier alpha value is -1.70. The first-order valence-corrected chi connectivity index (χ1v) is 6.46. The second kappa shape index (κ2) is 4.89. The van der Waals surface area contributed by atoms with Crippen LogP contribution in [0, 0.1) is 0 Å². The van der Waals surface area contributed by atoms with Gasteiger partial charge in [-0.05, 0) is 32.3 Å². The third kappa shape index (κ3) is 1.92. The summed E-state index contributed by atoms with van der Waals surface area (Å²) in [5, 5.41) is 0. The third-order valence-electron chi connectivity index (χ3n) is 3.67. The normalized spacial score (nSPS) is 15.1. The average molecular weight is 242 g/mol. The van der Waals surface area contributed by atoms with Gasteiger partial charge in [0, 0.05) is 22.3 Å². The molecule has 0 radical (unpaired) electrons. The molecule has 0 aliphatic heterocycles. The minimum absolute atomic E-state index is 0.000415. The van der Waals surface area contributed by atoms with Gasteiger partial charge in [0.15, 0.2) is 11.6 Å². The molecule has 0 N–H and O–H groups in total. The Morgan fingerprint density at radius 1 is 1.00 bits per heavy atom. The summed E-state index contributed by atoms with van der Waals surface area (Å²) in [5.41, 5.74) is 3.41. The number of benzene rings is 1. The highest BCUT2D eigenvalue weighted by molar-refractivity contribution is 6.27. The smallest absolute Gasteiger partial charge is 0.190 e. The Morgan fingerprint density at radius 2 is 1.67 bits per heavy atom. The molecule has 0 unspecified atom stereocenters. The largest absolute Gasteiger partial charge is 0.289 e. The molecule has 1 aliphatic rings. The molecule has 0 aromatic heterocycles. The van der Waals surface area contributed by atoms with Crippen molar-refractivity contribution < 1.29 is 9.59 Å². The molecular formula is C16H18O2. The topological polar surface area (TPSA) is 34.1 Å². The lowest BCUT2D eigenvalue weighted by Gasteiger charge is -2.19. The number of fused-ring (bicyclic) bond motifs is 1. The van der Waals surface area contributed by atoms with Crippen LogP contribution in [0.25, 0.3) is 0 Å². The lowest BCUT2D eigenvalue weighted by molar-refractivity contribution is 0.0974. The zero-order valence-electron chi connectivity index (χ0n) is 11.2. The predicted octanol–water partition coefficient (Wildman–Crippen LogP) is 3.74. The SMILES string of the molecule is CCCCc1cccc2c1C(=O)C(C)=C(C)C2=O. The molecule has 1 aromatic rings. The fraction of sp³-hybridized carbons (Fsp3) is 0.375. The maximum absolute atomic E-state index is 12.3. The molecule has 18 heavy (non-hydrogen) atoms. The number of ketones is 2. The number of hydrogen-bond acceptors (Lipinski definition) is 2. The Kier molecular flexibility index (Phi) is 3.46. The van der Waals surface area contributed by atoms with E-state index in [9.17, 15) is 9.59 Å². The Morgan fingerprint density at radius 3 is 2.33 bits per heavy atom. The van der Waals surface area contributed by atoms with E-state index in [0.717, 1.165) is 24.8 Å². The summed E-state index contributed by atoms with van der Waals surface area (Å²) in [6.07, 6.45) is 2.99. The van der Waals surface area contributed by atoms with Gasteiger partial charge in [-0.1, -0.05) is 31.5 Å². The van der Waals surface area contributed by atoms with E-state index in [4.69, 9.17) is 0 Å². The molecular weight excluding hydrogens is 224 g/mol. The molecule has 0 amide bonds. The Labute approximate surface area is 108 Å². The van der Waals surface area contributed by atoms with E-state index in [1.165, 1.54) is 0 Å². The number of Topliss-reactive ketones (excluding diaryl/α,β-unsaturated/α-hetero) is 2. The summed E-state index contributed by atoms with van der Waals surface area (Å²) in [5.74, 6) is 0.0225. The highest BCUT2D eigenvalue weighted by atomic mass is 16.1. The van der Waals surface area contributed by atoms with Crippen molar-refractivity contribution in [2.24, 2.45) is 0 Å². The van der Waals surface area contributed by atoms with Crippen LogP contribution in [0.3, 0.4) is 0 Å². The van der Waals surface area contributed by atoms with Crippen LogP contribution in [-0.4, -0.2) is 11.6 Å². The van der Waals surface area contributed by atoms with Crippen LogP contribution >= 0.6 is 0 Å². The van der Waals surface area contributed by atoms with E-state index in [-0.39, 0.29) is 11.6 Å². The number of carbonyl (C=O) groups excluding carboxylic acids is 2. The van der Waals surface area contributed by atoms with Gasteiger partial charge >= 0.3 is 0 Å². The molecule has 1 aromatic carbocycles. The Balaban J connectivity index is 2.56. The van der Waals surface area contributed by atoms with Gasteiger partial charge in [0.1, 0.15) is 0 Å². The lowest BCUT2D eigenvalue weighted by atomic mass is 9.82. The van der Waals surface area contributed by atoms with Crippen molar-refractivity contribution in [2.45, 2.75) is 40.0 Å². The molecule has 0 bridgehead atoms. The van der Waals surface area contributed by atoms with Crippen LogP contribution in [0.5, 0.6) is 0 Å². The molecule has 1 aliphatic carbocycles. The fourth-order valence-electron chi connectivity index (χ4n) is 2.36. The monoisotopic (exact) mass is 242 g/mol. The van der Waals surface area contributed by atoms with E-state index in [2.05, 4.69) is 6.92 Å². The summed E-state index contributed by atoms with van der Waals surface area (Å²) in [4.78, 5) is 24.5. The number of rotatable bonds is 3. The first-order chi connectivity index (χ1) is 8.57. The van der Waals surface area contributed by atoms with Gasteiger partial charge in [0.25, 0.3) is 0 Å². The van der Waals surface area contributed by atoms with Gasteiger partial charge in [0.2, 0.25) is 0 Å². The molecule has 0 heterocycles. The van der Waals surface area contributed by atoms with Crippen molar-refractivity contribution in [3.05, 3.63) is 46.0 Å². The molecule has 0 saturated heterocycles. The zero-order chi connectivity index (χ0) is 13.3. The van der Waals surface area contributed by atoms with E-state index in [1.54, 1.807) is 19.9 Å². The van der Waals surface area contributed by atoms with Crippen molar-refractivity contribution in [1.29, 1.82) is 0 Å². The van der Waals surface area contributed by atoms with E-state index < -0.39 is 0 Å². The maximum atomic E-state index is 12.3. The van der Waals surface area contributed by atoms with Gasteiger partial charge < -0.3 is 0 Å². The highest BCUT2D eigenvalue weighted by Crippen LogP contribution is 2.29. The van der Waals surface area contributed by atoms with E-state index >= 15 is 0 Å². The molecule has 0 saturated carbocycles. The Bertz CT molecular complexity index is 550. The number of unbranched alkanes of at least 4 members (excludes halogenated alkanes) is 1.